The number of hydrogen-bond donors (Lipinski definition) is 0. The van der Waals surface area contributed by atoms with Crippen LogP contribution >= 0.6 is 0 Å². The Bertz CT molecular complexity index is 829. The molecule has 0 amide bonds. The first-order chi connectivity index (χ1) is 10.1. The maximum Gasteiger partial charge on any atom is 0.192 e. The monoisotopic (exact) mass is 278 g/mol. The predicted molar refractivity (Wildman–Crippen MR) is 85.8 cm³/mol. The van der Waals surface area contributed by atoms with Crippen LogP contribution in [0.15, 0.2) is 57.7 Å². The van der Waals surface area contributed by atoms with Gasteiger partial charge in [-0.25, -0.2) is 0 Å². The molecule has 0 bridgehead atoms. The second-order valence-electron chi connectivity index (χ2n) is 5.50. The van der Waals surface area contributed by atoms with Crippen molar-refractivity contribution in [1.82, 2.24) is 0 Å². The summed E-state index contributed by atoms with van der Waals surface area (Å²) in [6.45, 7) is 4.04. The molecule has 3 aromatic rings. The lowest BCUT2D eigenvalue weighted by atomic mass is 10.1. The number of rotatable bonds is 3. The first-order valence-electron chi connectivity index (χ1n) is 7.21. The Hall–Kier alpha value is -2.35. The molecule has 2 aromatic carbocycles. The number of hydrogen-bond acceptors (Lipinski definition) is 2. The van der Waals surface area contributed by atoms with Crippen molar-refractivity contribution in [3.05, 3.63) is 81.2 Å². The molecule has 0 N–H and O–H groups in total. The van der Waals surface area contributed by atoms with Crippen LogP contribution in [0.5, 0.6) is 0 Å². The van der Waals surface area contributed by atoms with Gasteiger partial charge in [0.2, 0.25) is 0 Å². The molecule has 0 spiro atoms. The molecule has 0 fully saturated rings. The maximum atomic E-state index is 12.2. The van der Waals surface area contributed by atoms with Crippen LogP contribution in [0, 0.1) is 13.8 Å². The van der Waals surface area contributed by atoms with Crippen LogP contribution in [0.3, 0.4) is 0 Å². The Morgan fingerprint density at radius 2 is 1.62 bits per heavy atom. The van der Waals surface area contributed by atoms with Gasteiger partial charge in [0.15, 0.2) is 5.43 Å². The summed E-state index contributed by atoms with van der Waals surface area (Å²) in [7, 11) is 0. The van der Waals surface area contributed by atoms with Crippen molar-refractivity contribution in [2.45, 2.75) is 26.7 Å². The largest absolute Gasteiger partial charge is 0.461 e. The molecular formula is C19H18O2. The van der Waals surface area contributed by atoms with Crippen molar-refractivity contribution in [2.24, 2.45) is 0 Å². The SMILES string of the molecule is Cc1cc2oc(CCc3ccccc3)cc(=O)c2cc1C. The Balaban J connectivity index is 1.93. The van der Waals surface area contributed by atoms with E-state index in [1.807, 2.05) is 44.2 Å². The van der Waals surface area contributed by atoms with E-state index in [0.717, 1.165) is 29.7 Å². The van der Waals surface area contributed by atoms with E-state index in [4.69, 9.17) is 4.42 Å². The van der Waals surface area contributed by atoms with E-state index in [0.29, 0.717) is 11.0 Å². The summed E-state index contributed by atoms with van der Waals surface area (Å²) in [5.41, 5.74) is 4.24. The van der Waals surface area contributed by atoms with Crippen LogP contribution in [0.25, 0.3) is 11.0 Å². The Morgan fingerprint density at radius 3 is 2.38 bits per heavy atom. The van der Waals surface area contributed by atoms with E-state index >= 15 is 0 Å². The standard InChI is InChI=1S/C19H18O2/c1-13-10-17-18(20)12-16(21-19(17)11-14(13)2)9-8-15-6-4-3-5-7-15/h3-7,10-12H,8-9H2,1-2H3. The van der Waals surface area contributed by atoms with Crippen LogP contribution < -0.4 is 5.43 Å². The molecule has 106 valence electrons. The van der Waals surface area contributed by atoms with Crippen LogP contribution in [-0.2, 0) is 12.8 Å². The minimum atomic E-state index is 0.0439. The molecule has 2 nitrogen and oxygen atoms in total. The van der Waals surface area contributed by atoms with E-state index in [1.165, 1.54) is 5.56 Å². The molecule has 3 rings (SSSR count). The van der Waals surface area contributed by atoms with Gasteiger partial charge in [-0.05, 0) is 49.1 Å². The lowest BCUT2D eigenvalue weighted by Crippen LogP contribution is -2.04. The summed E-state index contributed by atoms with van der Waals surface area (Å²) >= 11 is 0. The van der Waals surface area contributed by atoms with Crippen molar-refractivity contribution in [3.63, 3.8) is 0 Å². The second-order valence-corrected chi connectivity index (χ2v) is 5.50. The highest BCUT2D eigenvalue weighted by Gasteiger charge is 2.07. The number of benzene rings is 2. The predicted octanol–water partition coefficient (Wildman–Crippen LogP) is 4.20. The van der Waals surface area contributed by atoms with E-state index in [9.17, 15) is 4.79 Å². The van der Waals surface area contributed by atoms with Gasteiger partial charge in [-0.15, -0.1) is 0 Å². The fourth-order valence-electron chi connectivity index (χ4n) is 2.50. The zero-order valence-corrected chi connectivity index (χ0v) is 12.3. The molecule has 1 aromatic heterocycles. The van der Waals surface area contributed by atoms with Gasteiger partial charge in [0.1, 0.15) is 11.3 Å². The third kappa shape index (κ3) is 2.89. The molecule has 0 radical (unpaired) electrons. The van der Waals surface area contributed by atoms with Gasteiger partial charge in [0.25, 0.3) is 0 Å². The first-order valence-corrected chi connectivity index (χ1v) is 7.21. The van der Waals surface area contributed by atoms with Crippen LogP contribution in [0.1, 0.15) is 22.5 Å². The van der Waals surface area contributed by atoms with E-state index in [1.54, 1.807) is 6.07 Å². The minimum absolute atomic E-state index is 0.0439. The van der Waals surface area contributed by atoms with Gasteiger partial charge in [0, 0.05) is 12.5 Å². The zero-order valence-electron chi connectivity index (χ0n) is 12.3. The highest BCUT2D eigenvalue weighted by atomic mass is 16.3. The minimum Gasteiger partial charge on any atom is -0.461 e. The van der Waals surface area contributed by atoms with Crippen LogP contribution in [0.2, 0.25) is 0 Å². The zero-order chi connectivity index (χ0) is 14.8. The summed E-state index contributed by atoms with van der Waals surface area (Å²) in [4.78, 5) is 12.2. The molecule has 0 aliphatic heterocycles. The summed E-state index contributed by atoms with van der Waals surface area (Å²) in [5, 5.41) is 0.668. The average molecular weight is 278 g/mol. The molecule has 1 heterocycles. The average Bonchev–Trinajstić information content (AvgIpc) is 2.48. The summed E-state index contributed by atoms with van der Waals surface area (Å²) in [6.07, 6.45) is 1.61. The van der Waals surface area contributed by atoms with Crippen LogP contribution in [-0.4, -0.2) is 0 Å². The number of aryl methyl sites for hydroxylation is 4. The van der Waals surface area contributed by atoms with Crippen molar-refractivity contribution in [1.29, 1.82) is 0 Å². The van der Waals surface area contributed by atoms with Gasteiger partial charge in [-0.2, -0.15) is 0 Å². The van der Waals surface area contributed by atoms with Gasteiger partial charge < -0.3 is 4.42 Å². The fraction of sp³-hybridized carbons (Fsp3) is 0.211. The molecule has 0 atom stereocenters. The highest BCUT2D eigenvalue weighted by Crippen LogP contribution is 2.18. The van der Waals surface area contributed by atoms with Crippen LogP contribution in [0.4, 0.5) is 0 Å². The van der Waals surface area contributed by atoms with Crippen molar-refractivity contribution in [2.75, 3.05) is 0 Å². The molecule has 0 unspecified atom stereocenters. The lowest BCUT2D eigenvalue weighted by Gasteiger charge is -2.06. The maximum absolute atomic E-state index is 12.2. The van der Waals surface area contributed by atoms with Crippen molar-refractivity contribution < 1.29 is 4.42 Å². The summed E-state index contributed by atoms with van der Waals surface area (Å²) < 4.78 is 5.90. The first kappa shape index (κ1) is 13.6. The van der Waals surface area contributed by atoms with Gasteiger partial charge in [-0.3, -0.25) is 4.79 Å². The van der Waals surface area contributed by atoms with Crippen molar-refractivity contribution >= 4 is 11.0 Å². The Kier molecular flexibility index (Phi) is 3.61. The molecule has 0 aliphatic carbocycles. The molecule has 0 saturated carbocycles. The fourth-order valence-corrected chi connectivity index (χ4v) is 2.50. The van der Waals surface area contributed by atoms with E-state index < -0.39 is 0 Å². The van der Waals surface area contributed by atoms with Gasteiger partial charge in [0.05, 0.1) is 5.39 Å². The molecule has 21 heavy (non-hydrogen) atoms. The topological polar surface area (TPSA) is 30.2 Å². The van der Waals surface area contributed by atoms with E-state index in [-0.39, 0.29) is 5.43 Å². The third-order valence-electron chi connectivity index (χ3n) is 3.90. The molecule has 0 saturated heterocycles. The summed E-state index contributed by atoms with van der Waals surface area (Å²) in [5.74, 6) is 0.750. The number of fused-ring (bicyclic) bond motifs is 1. The Labute approximate surface area is 124 Å². The second kappa shape index (κ2) is 5.57. The quantitative estimate of drug-likeness (QED) is 0.719. The van der Waals surface area contributed by atoms with Gasteiger partial charge in [-0.1, -0.05) is 30.3 Å². The third-order valence-corrected chi connectivity index (χ3v) is 3.90. The lowest BCUT2D eigenvalue weighted by molar-refractivity contribution is 0.534. The molecular weight excluding hydrogens is 260 g/mol. The Morgan fingerprint density at radius 1 is 0.905 bits per heavy atom. The normalized spacial score (nSPS) is 11.0. The summed E-state index contributed by atoms with van der Waals surface area (Å²) in [6, 6.07) is 15.7. The van der Waals surface area contributed by atoms with E-state index in [2.05, 4.69) is 12.1 Å². The molecule has 0 aliphatic rings. The highest BCUT2D eigenvalue weighted by molar-refractivity contribution is 5.78. The van der Waals surface area contributed by atoms with Crippen molar-refractivity contribution in [3.8, 4) is 0 Å². The smallest absolute Gasteiger partial charge is 0.192 e. The van der Waals surface area contributed by atoms with Gasteiger partial charge >= 0.3 is 0 Å². The molecule has 2 heteroatoms.